The maximum Gasteiger partial charge on any atom is 0.367 e. The van der Waals surface area contributed by atoms with E-state index in [-0.39, 0.29) is 6.10 Å². The van der Waals surface area contributed by atoms with Gasteiger partial charge in [-0.3, -0.25) is 0 Å². The summed E-state index contributed by atoms with van der Waals surface area (Å²) in [6, 6.07) is 11.1. The van der Waals surface area contributed by atoms with Gasteiger partial charge in [0, 0.05) is 0 Å². The first-order chi connectivity index (χ1) is 10.3. The van der Waals surface area contributed by atoms with Crippen molar-refractivity contribution in [1.29, 1.82) is 0 Å². The van der Waals surface area contributed by atoms with Crippen LogP contribution in [-0.2, 0) is 9.53 Å². The van der Waals surface area contributed by atoms with Gasteiger partial charge in [-0.1, -0.05) is 48.0 Å². The van der Waals surface area contributed by atoms with E-state index in [0.29, 0.717) is 0 Å². The van der Waals surface area contributed by atoms with Gasteiger partial charge in [-0.15, -0.1) is 5.10 Å². The Morgan fingerprint density at radius 1 is 1.19 bits per heavy atom. The Balaban J connectivity index is 1.75. The molecule has 0 radical (unpaired) electrons. The van der Waals surface area contributed by atoms with Crippen LogP contribution in [0.1, 0.15) is 37.4 Å². The Hall–Kier alpha value is -2.14. The van der Waals surface area contributed by atoms with Crippen LogP contribution >= 0.6 is 0 Å². The first-order valence-electron chi connectivity index (χ1n) is 7.25. The zero-order chi connectivity index (χ0) is 14.5. The predicted molar refractivity (Wildman–Crippen MR) is 76.3 cm³/mol. The fraction of sp³-hybridized carbons (Fsp3) is 0.375. The van der Waals surface area contributed by atoms with Crippen molar-refractivity contribution in [2.45, 2.75) is 37.9 Å². The molecule has 0 amide bonds. The summed E-state index contributed by atoms with van der Waals surface area (Å²) in [7, 11) is 0. The minimum Gasteiger partial charge on any atom is -0.358 e. The van der Waals surface area contributed by atoms with Crippen LogP contribution in [0.15, 0.2) is 48.8 Å². The number of nitrogens with zero attached hydrogens (tertiary/aromatic N) is 2. The second-order valence-electron chi connectivity index (χ2n) is 5.15. The van der Waals surface area contributed by atoms with Crippen molar-refractivity contribution in [2.75, 3.05) is 0 Å². The molecule has 5 heteroatoms. The smallest absolute Gasteiger partial charge is 0.358 e. The molecule has 0 spiro atoms. The molecule has 1 heterocycles. The summed E-state index contributed by atoms with van der Waals surface area (Å²) < 4.78 is 5.99. The molecule has 110 valence electrons. The van der Waals surface area contributed by atoms with Crippen molar-refractivity contribution in [2.24, 2.45) is 0 Å². The zero-order valence-corrected chi connectivity index (χ0v) is 11.7. The van der Waals surface area contributed by atoms with Gasteiger partial charge in [-0.05, 0) is 24.5 Å². The van der Waals surface area contributed by atoms with Crippen molar-refractivity contribution >= 4 is 5.97 Å². The molecular weight excluding hydrogens is 268 g/mol. The van der Waals surface area contributed by atoms with E-state index >= 15 is 0 Å². The molecule has 1 saturated carbocycles. The van der Waals surface area contributed by atoms with Crippen LogP contribution in [0.2, 0.25) is 0 Å². The largest absolute Gasteiger partial charge is 0.367 e. The molecule has 1 atom stereocenters. The topological polar surface area (TPSA) is 53.4 Å². The van der Waals surface area contributed by atoms with Gasteiger partial charge in [0.05, 0.1) is 18.5 Å². The molecule has 0 saturated heterocycles. The average molecular weight is 286 g/mol. The van der Waals surface area contributed by atoms with Crippen LogP contribution in [0.4, 0.5) is 0 Å². The van der Waals surface area contributed by atoms with Crippen LogP contribution in [0.3, 0.4) is 0 Å². The van der Waals surface area contributed by atoms with Crippen LogP contribution < -0.4 is 4.84 Å². The highest BCUT2D eigenvalue weighted by atomic mass is 16.7. The highest BCUT2D eigenvalue weighted by Crippen LogP contribution is 2.28. The van der Waals surface area contributed by atoms with Gasteiger partial charge >= 0.3 is 5.97 Å². The Labute approximate surface area is 123 Å². The van der Waals surface area contributed by atoms with E-state index in [4.69, 9.17) is 9.57 Å². The van der Waals surface area contributed by atoms with Gasteiger partial charge in [0.15, 0.2) is 6.10 Å². The maximum absolute atomic E-state index is 12.4. The van der Waals surface area contributed by atoms with E-state index in [1.54, 1.807) is 18.5 Å². The van der Waals surface area contributed by atoms with Crippen molar-refractivity contribution in [1.82, 2.24) is 9.94 Å². The highest BCUT2D eigenvalue weighted by molar-refractivity contribution is 5.76. The number of benzene rings is 1. The second-order valence-corrected chi connectivity index (χ2v) is 5.15. The number of hydrogen-bond acceptors (Lipinski definition) is 4. The minimum absolute atomic E-state index is 0.125. The molecule has 2 aromatic rings. The van der Waals surface area contributed by atoms with Gasteiger partial charge < -0.3 is 9.57 Å². The molecular formula is C16H18N2O3. The number of hydrogen-bond donors (Lipinski definition) is 0. The Morgan fingerprint density at radius 2 is 1.95 bits per heavy atom. The molecule has 3 rings (SSSR count). The highest BCUT2D eigenvalue weighted by Gasteiger charge is 2.29. The number of carbonyl (C=O) groups is 1. The van der Waals surface area contributed by atoms with E-state index in [1.807, 2.05) is 30.3 Å². The van der Waals surface area contributed by atoms with Crippen molar-refractivity contribution in [3.8, 4) is 0 Å². The molecule has 0 aliphatic heterocycles. The van der Waals surface area contributed by atoms with Gasteiger partial charge in [-0.25, -0.2) is 4.79 Å². The molecule has 21 heavy (non-hydrogen) atoms. The van der Waals surface area contributed by atoms with Crippen molar-refractivity contribution in [3.63, 3.8) is 0 Å². The number of ether oxygens (including phenoxy) is 1. The standard InChI is InChI=1S/C16H18N2O3/c19-16(21-18-12-6-11-17-18)15(13-7-2-1-3-8-13)20-14-9-4-5-10-14/h1-3,6-8,11-12,14-15H,4-5,9-10H2/t15-/m0/s1. The summed E-state index contributed by atoms with van der Waals surface area (Å²) in [4.78, 5) is 18.8. The Kier molecular flexibility index (Phi) is 4.31. The third-order valence-corrected chi connectivity index (χ3v) is 3.61. The third-order valence-electron chi connectivity index (χ3n) is 3.61. The van der Waals surface area contributed by atoms with Gasteiger partial charge in [0.2, 0.25) is 0 Å². The van der Waals surface area contributed by atoms with E-state index in [0.717, 1.165) is 36.1 Å². The lowest BCUT2D eigenvalue weighted by Gasteiger charge is -2.20. The molecule has 1 aliphatic rings. The summed E-state index contributed by atoms with van der Waals surface area (Å²) in [6.45, 7) is 0. The average Bonchev–Trinajstić information content (AvgIpc) is 3.19. The summed E-state index contributed by atoms with van der Waals surface area (Å²) in [6.07, 6.45) is 6.86. The molecule has 1 aromatic heterocycles. The maximum atomic E-state index is 12.4. The third kappa shape index (κ3) is 3.49. The van der Waals surface area contributed by atoms with Crippen molar-refractivity contribution < 1.29 is 14.4 Å². The van der Waals surface area contributed by atoms with Crippen LogP contribution in [0.5, 0.6) is 0 Å². The summed E-state index contributed by atoms with van der Waals surface area (Å²) in [5, 5.41) is 3.88. The van der Waals surface area contributed by atoms with Gasteiger partial charge in [0.25, 0.3) is 0 Å². The predicted octanol–water partition coefficient (Wildman–Crippen LogP) is 2.54. The van der Waals surface area contributed by atoms with E-state index in [9.17, 15) is 4.79 Å². The monoisotopic (exact) mass is 286 g/mol. The second kappa shape index (κ2) is 6.54. The molecule has 1 aliphatic carbocycles. The molecule has 1 aromatic carbocycles. The lowest BCUT2D eigenvalue weighted by Crippen LogP contribution is -2.30. The van der Waals surface area contributed by atoms with E-state index in [2.05, 4.69) is 5.10 Å². The normalized spacial score (nSPS) is 16.8. The van der Waals surface area contributed by atoms with Gasteiger partial charge in [0.1, 0.15) is 0 Å². The summed E-state index contributed by atoms with van der Waals surface area (Å²) in [5.41, 5.74) is 0.807. The SMILES string of the molecule is O=C(On1cccn1)[C@@H](OC1CCCC1)c1ccccc1. The van der Waals surface area contributed by atoms with Gasteiger partial charge in [-0.2, -0.15) is 0 Å². The van der Waals surface area contributed by atoms with Crippen LogP contribution in [0.25, 0.3) is 0 Å². The first-order valence-corrected chi connectivity index (χ1v) is 7.25. The number of carbonyl (C=O) groups excluding carboxylic acids is 1. The first kappa shape index (κ1) is 13.8. The van der Waals surface area contributed by atoms with Crippen molar-refractivity contribution in [3.05, 3.63) is 54.4 Å². The Morgan fingerprint density at radius 3 is 2.62 bits per heavy atom. The van der Waals surface area contributed by atoms with E-state index < -0.39 is 12.1 Å². The number of aromatic nitrogens is 2. The fourth-order valence-electron chi connectivity index (χ4n) is 2.56. The molecule has 0 unspecified atom stereocenters. The van der Waals surface area contributed by atoms with E-state index in [1.165, 1.54) is 0 Å². The molecule has 0 bridgehead atoms. The molecule has 0 N–H and O–H groups in total. The fourth-order valence-corrected chi connectivity index (χ4v) is 2.56. The van der Waals surface area contributed by atoms with Crippen LogP contribution in [-0.4, -0.2) is 22.0 Å². The zero-order valence-electron chi connectivity index (χ0n) is 11.7. The van der Waals surface area contributed by atoms with Crippen LogP contribution in [0, 0.1) is 0 Å². The number of rotatable bonds is 5. The quantitative estimate of drug-likeness (QED) is 0.847. The Bertz CT molecular complexity index is 562. The molecule has 1 fully saturated rings. The molecule has 5 nitrogen and oxygen atoms in total. The summed E-state index contributed by atoms with van der Waals surface area (Å²) >= 11 is 0. The minimum atomic E-state index is -0.710. The lowest BCUT2D eigenvalue weighted by molar-refractivity contribution is -0.163. The summed E-state index contributed by atoms with van der Waals surface area (Å²) in [5.74, 6) is -0.447. The lowest BCUT2D eigenvalue weighted by atomic mass is 10.1.